The molecule has 27 heavy (non-hydrogen) atoms. The SMILES string of the molecule is FC(F)(F)c1ccc(NC(=S)N2CCn3cccc3C2c2ccco2)cc1. The Kier molecular flexibility index (Phi) is 4.43. The average molecular weight is 391 g/mol. The molecule has 0 fully saturated rings. The van der Waals surface area contributed by atoms with E-state index < -0.39 is 11.7 Å². The van der Waals surface area contributed by atoms with Gasteiger partial charge < -0.3 is 19.2 Å². The first-order valence-electron chi connectivity index (χ1n) is 8.37. The number of nitrogens with zero attached hydrogens (tertiary/aromatic N) is 2. The van der Waals surface area contributed by atoms with Crippen molar-refractivity contribution in [2.75, 3.05) is 11.9 Å². The van der Waals surface area contributed by atoms with E-state index in [0.29, 0.717) is 17.3 Å². The number of anilines is 1. The zero-order valence-electron chi connectivity index (χ0n) is 14.1. The minimum atomic E-state index is -4.36. The third-order valence-electron chi connectivity index (χ3n) is 4.58. The van der Waals surface area contributed by atoms with Crippen LogP contribution in [-0.2, 0) is 12.7 Å². The van der Waals surface area contributed by atoms with Crippen molar-refractivity contribution in [1.82, 2.24) is 9.47 Å². The van der Waals surface area contributed by atoms with Crippen molar-refractivity contribution in [3.05, 3.63) is 78.0 Å². The molecule has 0 bridgehead atoms. The summed E-state index contributed by atoms with van der Waals surface area (Å²) in [4.78, 5) is 1.99. The molecule has 3 heterocycles. The average Bonchev–Trinajstić information content (AvgIpc) is 3.32. The van der Waals surface area contributed by atoms with Gasteiger partial charge in [-0.3, -0.25) is 0 Å². The molecule has 1 aromatic carbocycles. The number of rotatable bonds is 2. The number of alkyl halides is 3. The molecule has 4 nitrogen and oxygen atoms in total. The molecule has 4 rings (SSSR count). The maximum Gasteiger partial charge on any atom is 0.416 e. The number of hydrogen-bond acceptors (Lipinski definition) is 2. The third kappa shape index (κ3) is 3.44. The molecule has 0 radical (unpaired) electrons. The Morgan fingerprint density at radius 3 is 2.52 bits per heavy atom. The summed E-state index contributed by atoms with van der Waals surface area (Å²) >= 11 is 5.56. The van der Waals surface area contributed by atoms with E-state index in [9.17, 15) is 13.2 Å². The molecule has 0 saturated heterocycles. The molecular weight excluding hydrogens is 375 g/mol. The van der Waals surface area contributed by atoms with Gasteiger partial charge in [0.05, 0.1) is 11.8 Å². The smallest absolute Gasteiger partial charge is 0.416 e. The summed E-state index contributed by atoms with van der Waals surface area (Å²) in [6, 6.07) is 12.3. The number of benzene rings is 1. The lowest BCUT2D eigenvalue weighted by molar-refractivity contribution is -0.137. The molecule has 1 aliphatic heterocycles. The summed E-state index contributed by atoms with van der Waals surface area (Å²) in [7, 11) is 0. The highest BCUT2D eigenvalue weighted by Crippen LogP contribution is 2.34. The standard InChI is InChI=1S/C19H16F3N3OS/c20-19(21,22)13-5-7-14(8-6-13)23-18(27)25-11-10-24-9-1-3-15(24)17(25)16-4-2-12-26-16/h1-9,12,17H,10-11H2,(H,23,27). The number of halogens is 3. The predicted molar refractivity (Wildman–Crippen MR) is 99.4 cm³/mol. The Morgan fingerprint density at radius 1 is 1.07 bits per heavy atom. The molecule has 1 N–H and O–H groups in total. The van der Waals surface area contributed by atoms with E-state index in [2.05, 4.69) is 9.88 Å². The van der Waals surface area contributed by atoms with Crippen LogP contribution in [0.25, 0.3) is 0 Å². The van der Waals surface area contributed by atoms with Crippen LogP contribution in [0.4, 0.5) is 18.9 Å². The Labute approximate surface area is 159 Å². The van der Waals surface area contributed by atoms with Crippen LogP contribution in [0.5, 0.6) is 0 Å². The van der Waals surface area contributed by atoms with Crippen LogP contribution in [0.3, 0.4) is 0 Å². The third-order valence-corrected chi connectivity index (χ3v) is 4.91. The van der Waals surface area contributed by atoms with Crippen LogP contribution in [0.15, 0.2) is 65.4 Å². The fourth-order valence-corrected chi connectivity index (χ4v) is 3.60. The number of aromatic nitrogens is 1. The summed E-state index contributed by atoms with van der Waals surface area (Å²) in [5.74, 6) is 0.756. The molecule has 0 spiro atoms. The molecule has 0 saturated carbocycles. The van der Waals surface area contributed by atoms with Crippen molar-refractivity contribution < 1.29 is 17.6 Å². The number of thiocarbonyl (C=S) groups is 1. The van der Waals surface area contributed by atoms with Crippen molar-refractivity contribution in [3.8, 4) is 0 Å². The van der Waals surface area contributed by atoms with Gasteiger partial charge in [0.25, 0.3) is 0 Å². The van der Waals surface area contributed by atoms with E-state index in [1.807, 2.05) is 35.4 Å². The van der Waals surface area contributed by atoms with Crippen molar-refractivity contribution in [2.24, 2.45) is 0 Å². The van der Waals surface area contributed by atoms with E-state index >= 15 is 0 Å². The second-order valence-corrected chi connectivity index (χ2v) is 6.63. The van der Waals surface area contributed by atoms with E-state index in [4.69, 9.17) is 16.6 Å². The van der Waals surface area contributed by atoms with E-state index in [1.165, 1.54) is 12.1 Å². The summed E-state index contributed by atoms with van der Waals surface area (Å²) in [5.41, 5.74) is 0.864. The fourth-order valence-electron chi connectivity index (χ4n) is 3.29. The highest BCUT2D eigenvalue weighted by molar-refractivity contribution is 7.80. The van der Waals surface area contributed by atoms with Crippen molar-refractivity contribution >= 4 is 23.0 Å². The number of nitrogens with one attached hydrogen (secondary N) is 1. The molecule has 140 valence electrons. The Balaban J connectivity index is 1.57. The van der Waals surface area contributed by atoms with Gasteiger partial charge in [0.15, 0.2) is 5.11 Å². The molecule has 3 aromatic rings. The minimum Gasteiger partial charge on any atom is -0.467 e. The zero-order valence-corrected chi connectivity index (χ0v) is 14.9. The molecule has 8 heteroatoms. The number of fused-ring (bicyclic) bond motifs is 1. The lowest BCUT2D eigenvalue weighted by atomic mass is 10.1. The predicted octanol–water partition coefficient (Wildman–Crippen LogP) is 4.90. The van der Waals surface area contributed by atoms with Crippen molar-refractivity contribution in [2.45, 2.75) is 18.8 Å². The Bertz CT molecular complexity index is 932. The van der Waals surface area contributed by atoms with Crippen molar-refractivity contribution in [1.29, 1.82) is 0 Å². The molecule has 1 unspecified atom stereocenters. The van der Waals surface area contributed by atoms with Crippen LogP contribution in [0.1, 0.15) is 23.1 Å². The van der Waals surface area contributed by atoms with E-state index in [1.54, 1.807) is 6.26 Å². The Morgan fingerprint density at radius 2 is 1.85 bits per heavy atom. The molecule has 0 amide bonds. The first-order valence-corrected chi connectivity index (χ1v) is 8.77. The second kappa shape index (κ2) is 6.77. The van der Waals surface area contributed by atoms with Gasteiger partial charge in [-0.2, -0.15) is 13.2 Å². The molecule has 2 aromatic heterocycles. The maximum atomic E-state index is 12.7. The number of hydrogen-bond donors (Lipinski definition) is 1. The van der Waals surface area contributed by atoms with Gasteiger partial charge in [-0.15, -0.1) is 0 Å². The highest BCUT2D eigenvalue weighted by Gasteiger charge is 2.33. The largest absolute Gasteiger partial charge is 0.467 e. The van der Waals surface area contributed by atoms with Gasteiger partial charge in [-0.1, -0.05) is 0 Å². The Hall–Kier alpha value is -2.74. The van der Waals surface area contributed by atoms with Gasteiger partial charge in [0.2, 0.25) is 0 Å². The zero-order chi connectivity index (χ0) is 19.0. The number of furan rings is 1. The van der Waals surface area contributed by atoms with E-state index in [-0.39, 0.29) is 6.04 Å². The van der Waals surface area contributed by atoms with E-state index in [0.717, 1.165) is 30.1 Å². The van der Waals surface area contributed by atoms with Crippen LogP contribution >= 0.6 is 12.2 Å². The lowest BCUT2D eigenvalue weighted by Gasteiger charge is -2.37. The van der Waals surface area contributed by atoms with Gasteiger partial charge in [-0.05, 0) is 60.7 Å². The fraction of sp³-hybridized carbons (Fsp3) is 0.211. The molecule has 1 atom stereocenters. The lowest BCUT2D eigenvalue weighted by Crippen LogP contribution is -2.44. The van der Waals surface area contributed by atoms with Crippen LogP contribution in [0.2, 0.25) is 0 Å². The summed E-state index contributed by atoms with van der Waals surface area (Å²) in [5, 5.41) is 3.48. The van der Waals surface area contributed by atoms with Crippen LogP contribution in [0, 0.1) is 0 Å². The van der Waals surface area contributed by atoms with Gasteiger partial charge >= 0.3 is 6.18 Å². The summed E-state index contributed by atoms with van der Waals surface area (Å²) in [6.07, 6.45) is -0.738. The summed E-state index contributed by atoms with van der Waals surface area (Å²) < 4.78 is 45.9. The molecular formula is C19H16F3N3OS. The van der Waals surface area contributed by atoms with Crippen LogP contribution < -0.4 is 5.32 Å². The minimum absolute atomic E-state index is 0.196. The highest BCUT2D eigenvalue weighted by atomic mass is 32.1. The van der Waals surface area contributed by atoms with Gasteiger partial charge in [-0.25, -0.2) is 0 Å². The second-order valence-electron chi connectivity index (χ2n) is 6.24. The first kappa shape index (κ1) is 17.7. The normalized spacial score (nSPS) is 16.9. The molecule has 1 aliphatic rings. The topological polar surface area (TPSA) is 33.3 Å². The van der Waals surface area contributed by atoms with Crippen LogP contribution in [-0.4, -0.2) is 21.1 Å². The quantitative estimate of drug-likeness (QED) is 0.630. The van der Waals surface area contributed by atoms with Gasteiger partial charge in [0, 0.05) is 30.7 Å². The molecule has 0 aliphatic carbocycles. The van der Waals surface area contributed by atoms with Crippen molar-refractivity contribution in [3.63, 3.8) is 0 Å². The van der Waals surface area contributed by atoms with Gasteiger partial charge in [0.1, 0.15) is 11.8 Å². The maximum absolute atomic E-state index is 12.7. The monoisotopic (exact) mass is 391 g/mol. The first-order chi connectivity index (χ1) is 12.9. The summed E-state index contributed by atoms with van der Waals surface area (Å²) in [6.45, 7) is 1.41.